The highest BCUT2D eigenvalue weighted by atomic mass is 19.1. The Bertz CT molecular complexity index is 1330. The molecule has 3 aromatic heterocycles. The molecule has 0 saturated heterocycles. The lowest BCUT2D eigenvalue weighted by Gasteiger charge is -2.36. The first-order valence-corrected chi connectivity index (χ1v) is 11.3. The third kappa shape index (κ3) is 3.40. The van der Waals surface area contributed by atoms with E-state index >= 15 is 0 Å². The highest BCUT2D eigenvalue weighted by Crippen LogP contribution is 2.46. The summed E-state index contributed by atoms with van der Waals surface area (Å²) in [4.78, 5) is 16.8. The van der Waals surface area contributed by atoms with Crippen LogP contribution < -0.4 is 0 Å². The van der Waals surface area contributed by atoms with Gasteiger partial charge in [0.1, 0.15) is 5.82 Å². The van der Waals surface area contributed by atoms with E-state index in [-0.39, 0.29) is 17.7 Å². The fraction of sp³-hybridized carbons (Fsp3) is 0.400. The van der Waals surface area contributed by atoms with Gasteiger partial charge in [-0.1, -0.05) is 13.8 Å². The number of fused-ring (bicyclic) bond motifs is 2. The van der Waals surface area contributed by atoms with Crippen LogP contribution in [0.4, 0.5) is 4.39 Å². The molecule has 0 spiro atoms. The van der Waals surface area contributed by atoms with Crippen LogP contribution in [0.5, 0.6) is 0 Å². The lowest BCUT2D eigenvalue weighted by Crippen LogP contribution is -2.43. The molecular weight excluding hydrogens is 423 g/mol. The number of carboxylic acids is 1. The second kappa shape index (κ2) is 7.95. The van der Waals surface area contributed by atoms with Crippen molar-refractivity contribution in [2.75, 3.05) is 7.11 Å². The maximum Gasteiger partial charge on any atom is 0.335 e. The van der Waals surface area contributed by atoms with Crippen LogP contribution in [0.2, 0.25) is 0 Å². The largest absolute Gasteiger partial charge is 0.479 e. The van der Waals surface area contributed by atoms with Crippen LogP contribution in [0.3, 0.4) is 0 Å². The first kappa shape index (κ1) is 21.6. The molecule has 0 amide bonds. The second-order valence-electron chi connectivity index (χ2n) is 9.21. The number of aromatic nitrogens is 4. The molecule has 1 saturated carbocycles. The zero-order valence-electron chi connectivity index (χ0n) is 18.9. The Morgan fingerprint density at radius 1 is 1.27 bits per heavy atom. The van der Waals surface area contributed by atoms with Crippen LogP contribution in [-0.2, 0) is 9.53 Å². The van der Waals surface area contributed by atoms with Gasteiger partial charge >= 0.3 is 5.97 Å². The summed E-state index contributed by atoms with van der Waals surface area (Å²) in [6, 6.07) is 8.57. The SMILES string of the molecule is CO[C@]1(C(=O)O)CC[C@H](c2c(C(C)C)n(-c3ccc(F)cc3)c3cc4cn[nH]c4nc32)CC1. The molecule has 5 rings (SSSR count). The number of nitrogens with zero attached hydrogens (tertiary/aromatic N) is 3. The van der Waals surface area contributed by atoms with Crippen molar-refractivity contribution in [2.45, 2.75) is 57.0 Å². The zero-order valence-corrected chi connectivity index (χ0v) is 18.9. The molecule has 0 aliphatic heterocycles. The number of ether oxygens (including phenoxy) is 1. The fourth-order valence-corrected chi connectivity index (χ4v) is 5.33. The number of nitrogens with one attached hydrogen (secondary N) is 1. The van der Waals surface area contributed by atoms with E-state index in [0.29, 0.717) is 31.3 Å². The van der Waals surface area contributed by atoms with Gasteiger partial charge in [-0.25, -0.2) is 14.2 Å². The van der Waals surface area contributed by atoms with Crippen molar-refractivity contribution in [1.29, 1.82) is 0 Å². The predicted octanol–water partition coefficient (Wildman–Crippen LogP) is 5.29. The standard InChI is InChI=1S/C25H27FN4O3/c1-14(2)22-20(15-8-10-25(33-3,11-9-15)24(31)32)21-19(12-16-13-27-29-23(16)28-21)30(22)18-6-4-17(26)5-7-18/h4-7,12-15H,8-11H2,1-3H3,(H,31,32)(H,27,28,29)/t15-,25+. The van der Waals surface area contributed by atoms with Crippen molar-refractivity contribution in [3.63, 3.8) is 0 Å². The van der Waals surface area contributed by atoms with Crippen molar-refractivity contribution in [3.05, 3.63) is 53.6 Å². The summed E-state index contributed by atoms with van der Waals surface area (Å²) in [6.07, 6.45) is 4.00. The normalized spacial score (nSPS) is 21.3. The number of hydrogen-bond acceptors (Lipinski definition) is 4. The number of carboxylic acid groups (broad SMARTS) is 1. The Hall–Kier alpha value is -3.26. The van der Waals surface area contributed by atoms with E-state index < -0.39 is 11.6 Å². The van der Waals surface area contributed by atoms with E-state index in [0.717, 1.165) is 33.4 Å². The van der Waals surface area contributed by atoms with E-state index in [1.807, 2.05) is 0 Å². The van der Waals surface area contributed by atoms with Crippen LogP contribution in [0, 0.1) is 5.82 Å². The Balaban J connectivity index is 1.73. The average molecular weight is 451 g/mol. The molecule has 8 heteroatoms. The molecule has 2 N–H and O–H groups in total. The first-order chi connectivity index (χ1) is 15.8. The summed E-state index contributed by atoms with van der Waals surface area (Å²) in [5, 5.41) is 17.8. The van der Waals surface area contributed by atoms with Crippen LogP contribution in [0.15, 0.2) is 36.5 Å². The third-order valence-electron chi connectivity index (χ3n) is 7.03. The Morgan fingerprint density at radius 2 is 1.97 bits per heavy atom. The van der Waals surface area contributed by atoms with E-state index in [1.54, 1.807) is 18.3 Å². The Labute approximate surface area is 190 Å². The monoisotopic (exact) mass is 450 g/mol. The molecular formula is C25H27FN4O3. The van der Waals surface area contributed by atoms with Gasteiger partial charge in [0.2, 0.25) is 0 Å². The van der Waals surface area contributed by atoms with Gasteiger partial charge in [0.25, 0.3) is 0 Å². The highest BCUT2D eigenvalue weighted by Gasteiger charge is 2.43. The Kier molecular flexibility index (Phi) is 5.20. The molecule has 1 aromatic carbocycles. The number of carbonyl (C=O) groups is 1. The number of hydrogen-bond donors (Lipinski definition) is 2. The van der Waals surface area contributed by atoms with E-state index in [2.05, 4.69) is 34.7 Å². The Morgan fingerprint density at radius 3 is 2.58 bits per heavy atom. The minimum Gasteiger partial charge on any atom is -0.479 e. The molecule has 3 heterocycles. The van der Waals surface area contributed by atoms with Gasteiger partial charge in [0.15, 0.2) is 11.2 Å². The molecule has 172 valence electrons. The lowest BCUT2D eigenvalue weighted by atomic mass is 9.75. The third-order valence-corrected chi connectivity index (χ3v) is 7.03. The maximum absolute atomic E-state index is 13.7. The smallest absolute Gasteiger partial charge is 0.335 e. The van der Waals surface area contributed by atoms with E-state index in [1.165, 1.54) is 19.2 Å². The van der Waals surface area contributed by atoms with Gasteiger partial charge < -0.3 is 14.4 Å². The van der Waals surface area contributed by atoms with Crippen molar-refractivity contribution in [1.82, 2.24) is 19.7 Å². The molecule has 0 bridgehead atoms. The summed E-state index contributed by atoms with van der Waals surface area (Å²) < 4.78 is 21.3. The summed E-state index contributed by atoms with van der Waals surface area (Å²) in [5.41, 5.74) is 4.52. The number of aliphatic carboxylic acids is 1. The van der Waals surface area contributed by atoms with E-state index in [9.17, 15) is 14.3 Å². The summed E-state index contributed by atoms with van der Waals surface area (Å²) in [6.45, 7) is 4.29. The minimum atomic E-state index is -1.13. The number of halogens is 1. The second-order valence-corrected chi connectivity index (χ2v) is 9.21. The maximum atomic E-state index is 13.7. The zero-order chi connectivity index (χ0) is 23.3. The molecule has 0 unspecified atom stereocenters. The molecule has 1 aliphatic carbocycles. The topological polar surface area (TPSA) is 93.0 Å². The van der Waals surface area contributed by atoms with Crippen LogP contribution in [0.1, 0.15) is 62.6 Å². The lowest BCUT2D eigenvalue weighted by molar-refractivity contribution is -0.166. The van der Waals surface area contributed by atoms with Gasteiger partial charge in [-0.15, -0.1) is 0 Å². The molecule has 0 radical (unpaired) electrons. The summed E-state index contributed by atoms with van der Waals surface area (Å²) in [7, 11) is 1.48. The van der Waals surface area contributed by atoms with Gasteiger partial charge in [0.05, 0.1) is 17.2 Å². The summed E-state index contributed by atoms with van der Waals surface area (Å²) in [5.74, 6) is -0.876. The van der Waals surface area contributed by atoms with Crippen molar-refractivity contribution >= 4 is 28.0 Å². The predicted molar refractivity (Wildman–Crippen MR) is 123 cm³/mol. The highest BCUT2D eigenvalue weighted by molar-refractivity contribution is 5.93. The molecule has 33 heavy (non-hydrogen) atoms. The molecule has 7 nitrogen and oxygen atoms in total. The van der Waals surface area contributed by atoms with Crippen molar-refractivity contribution in [3.8, 4) is 5.69 Å². The molecule has 4 aromatic rings. The first-order valence-electron chi connectivity index (χ1n) is 11.3. The van der Waals surface area contributed by atoms with E-state index in [4.69, 9.17) is 9.72 Å². The van der Waals surface area contributed by atoms with Gasteiger partial charge in [-0.05, 0) is 67.9 Å². The molecule has 1 fully saturated rings. The number of benzene rings is 1. The average Bonchev–Trinajstić information content (AvgIpc) is 3.40. The number of pyridine rings is 1. The van der Waals surface area contributed by atoms with Crippen molar-refractivity contribution < 1.29 is 19.0 Å². The van der Waals surface area contributed by atoms with Gasteiger partial charge in [0, 0.05) is 29.4 Å². The van der Waals surface area contributed by atoms with Gasteiger partial charge in [-0.2, -0.15) is 5.10 Å². The minimum absolute atomic E-state index is 0.141. The van der Waals surface area contributed by atoms with Crippen LogP contribution in [-0.4, -0.2) is 43.5 Å². The quantitative estimate of drug-likeness (QED) is 0.431. The fourth-order valence-electron chi connectivity index (χ4n) is 5.33. The number of methoxy groups -OCH3 is 1. The van der Waals surface area contributed by atoms with Crippen LogP contribution >= 0.6 is 0 Å². The van der Waals surface area contributed by atoms with Crippen molar-refractivity contribution in [2.24, 2.45) is 0 Å². The summed E-state index contributed by atoms with van der Waals surface area (Å²) >= 11 is 0. The number of rotatable bonds is 5. The van der Waals surface area contributed by atoms with Crippen LogP contribution in [0.25, 0.3) is 27.8 Å². The number of H-pyrrole nitrogens is 1. The molecule has 1 aliphatic rings. The molecule has 0 atom stereocenters. The number of aromatic amines is 1. The van der Waals surface area contributed by atoms with Gasteiger partial charge in [-0.3, -0.25) is 5.10 Å².